The van der Waals surface area contributed by atoms with Gasteiger partial charge in [0.2, 0.25) is 5.91 Å². The molecule has 0 aliphatic rings. The normalized spacial score (nSPS) is 10.8. The van der Waals surface area contributed by atoms with Gasteiger partial charge in [0, 0.05) is 24.2 Å². The van der Waals surface area contributed by atoms with Crippen molar-refractivity contribution in [3.63, 3.8) is 0 Å². The minimum atomic E-state index is -2.53. The highest BCUT2D eigenvalue weighted by molar-refractivity contribution is 5.96. The smallest absolute Gasteiger partial charge is 0.272 e. The van der Waals surface area contributed by atoms with Gasteiger partial charge in [-0.25, -0.2) is 13.8 Å². The number of pyridine rings is 1. The quantitative estimate of drug-likeness (QED) is 0.721. The molecule has 2 N–H and O–H groups in total. The molecule has 150 valence electrons. The SMILES string of the molecule is Cc1cc(OCC(F)F)ccc1CNC(=O)c1ccnc(NC(=O)C(C)C)c1. The number of carbonyl (C=O) groups is 2. The van der Waals surface area contributed by atoms with Crippen LogP contribution in [0.3, 0.4) is 0 Å². The van der Waals surface area contributed by atoms with Crippen molar-refractivity contribution < 1.29 is 23.1 Å². The van der Waals surface area contributed by atoms with E-state index >= 15 is 0 Å². The lowest BCUT2D eigenvalue weighted by Crippen LogP contribution is -2.24. The molecule has 0 saturated heterocycles. The molecule has 2 aromatic rings. The number of carbonyl (C=O) groups excluding carboxylic acids is 2. The molecule has 0 saturated carbocycles. The zero-order valence-corrected chi connectivity index (χ0v) is 16.0. The lowest BCUT2D eigenvalue weighted by atomic mass is 10.1. The molecule has 0 unspecified atom stereocenters. The molecule has 0 fully saturated rings. The summed E-state index contributed by atoms with van der Waals surface area (Å²) in [6.45, 7) is 4.93. The van der Waals surface area contributed by atoms with E-state index in [-0.39, 0.29) is 24.3 Å². The van der Waals surface area contributed by atoms with E-state index in [1.165, 1.54) is 12.3 Å². The maximum Gasteiger partial charge on any atom is 0.272 e. The van der Waals surface area contributed by atoms with Gasteiger partial charge in [-0.15, -0.1) is 0 Å². The summed E-state index contributed by atoms with van der Waals surface area (Å²) in [5, 5.41) is 5.44. The number of rotatable bonds is 8. The van der Waals surface area contributed by atoms with Crippen LogP contribution in [-0.4, -0.2) is 29.8 Å². The number of alkyl halides is 2. The van der Waals surface area contributed by atoms with E-state index in [0.29, 0.717) is 17.1 Å². The Balaban J connectivity index is 1.97. The van der Waals surface area contributed by atoms with Crippen LogP contribution in [0.1, 0.15) is 35.3 Å². The van der Waals surface area contributed by atoms with Crippen LogP contribution in [0, 0.1) is 12.8 Å². The van der Waals surface area contributed by atoms with Crippen LogP contribution in [0.15, 0.2) is 36.5 Å². The van der Waals surface area contributed by atoms with E-state index in [9.17, 15) is 18.4 Å². The Labute approximate surface area is 162 Å². The molecule has 0 aliphatic carbocycles. The molecule has 0 aliphatic heterocycles. The minimum absolute atomic E-state index is 0.185. The molecule has 8 heteroatoms. The van der Waals surface area contributed by atoms with Crippen molar-refractivity contribution in [3.8, 4) is 5.75 Å². The van der Waals surface area contributed by atoms with Crippen molar-refractivity contribution in [2.24, 2.45) is 5.92 Å². The fourth-order valence-electron chi connectivity index (χ4n) is 2.30. The molecule has 2 amide bonds. The Bertz CT molecular complexity index is 841. The van der Waals surface area contributed by atoms with Crippen LogP contribution in [0.2, 0.25) is 0 Å². The number of hydrogen-bond acceptors (Lipinski definition) is 4. The van der Waals surface area contributed by atoms with Crippen LogP contribution in [0.4, 0.5) is 14.6 Å². The highest BCUT2D eigenvalue weighted by Gasteiger charge is 2.12. The van der Waals surface area contributed by atoms with Crippen molar-refractivity contribution in [2.45, 2.75) is 33.7 Å². The first-order valence-corrected chi connectivity index (χ1v) is 8.82. The molecule has 0 spiro atoms. The Morgan fingerprint density at radius 3 is 2.57 bits per heavy atom. The second-order valence-corrected chi connectivity index (χ2v) is 6.55. The van der Waals surface area contributed by atoms with Gasteiger partial charge in [-0.1, -0.05) is 19.9 Å². The van der Waals surface area contributed by atoms with Gasteiger partial charge in [-0.05, 0) is 42.3 Å². The summed E-state index contributed by atoms with van der Waals surface area (Å²) in [7, 11) is 0. The average Bonchev–Trinajstić information content (AvgIpc) is 2.65. The summed E-state index contributed by atoms with van der Waals surface area (Å²) in [5.74, 6) is -0.0415. The second-order valence-electron chi connectivity index (χ2n) is 6.55. The number of hydrogen-bond donors (Lipinski definition) is 2. The molecule has 2 rings (SSSR count). The Morgan fingerprint density at radius 1 is 1.18 bits per heavy atom. The molecular formula is C20H23F2N3O3. The molecule has 1 aromatic carbocycles. The van der Waals surface area contributed by atoms with Crippen molar-refractivity contribution in [3.05, 3.63) is 53.2 Å². The van der Waals surface area contributed by atoms with Crippen LogP contribution in [-0.2, 0) is 11.3 Å². The number of aromatic nitrogens is 1. The largest absolute Gasteiger partial charge is 0.488 e. The summed E-state index contributed by atoms with van der Waals surface area (Å²) >= 11 is 0. The molecule has 6 nitrogen and oxygen atoms in total. The fourth-order valence-corrected chi connectivity index (χ4v) is 2.30. The number of halogens is 2. The number of aryl methyl sites for hydroxylation is 1. The Kier molecular flexibility index (Phi) is 7.43. The predicted molar refractivity (Wildman–Crippen MR) is 102 cm³/mol. The van der Waals surface area contributed by atoms with Crippen molar-refractivity contribution in [1.82, 2.24) is 10.3 Å². The molecule has 0 radical (unpaired) electrons. The maximum absolute atomic E-state index is 12.4. The molecule has 0 bridgehead atoms. The topological polar surface area (TPSA) is 80.3 Å². The molecule has 28 heavy (non-hydrogen) atoms. The number of nitrogens with one attached hydrogen (secondary N) is 2. The Hall–Kier alpha value is -3.03. The van der Waals surface area contributed by atoms with Crippen molar-refractivity contribution >= 4 is 17.6 Å². The van der Waals surface area contributed by atoms with E-state index in [0.717, 1.165) is 11.1 Å². The Morgan fingerprint density at radius 2 is 1.93 bits per heavy atom. The van der Waals surface area contributed by atoms with Gasteiger partial charge >= 0.3 is 0 Å². The molecule has 0 atom stereocenters. The predicted octanol–water partition coefficient (Wildman–Crippen LogP) is 3.56. The lowest BCUT2D eigenvalue weighted by molar-refractivity contribution is -0.118. The van der Waals surface area contributed by atoms with Gasteiger partial charge < -0.3 is 15.4 Å². The zero-order chi connectivity index (χ0) is 20.7. The first kappa shape index (κ1) is 21.3. The van der Waals surface area contributed by atoms with E-state index in [2.05, 4.69) is 15.6 Å². The first-order valence-electron chi connectivity index (χ1n) is 8.82. The van der Waals surface area contributed by atoms with Gasteiger partial charge in [0.05, 0.1) is 0 Å². The maximum atomic E-state index is 12.4. The fraction of sp³-hybridized carbons (Fsp3) is 0.350. The van der Waals surface area contributed by atoms with Crippen LogP contribution < -0.4 is 15.4 Å². The summed E-state index contributed by atoms with van der Waals surface area (Å²) < 4.78 is 29.4. The number of anilines is 1. The van der Waals surface area contributed by atoms with Gasteiger partial charge in [-0.2, -0.15) is 0 Å². The molecular weight excluding hydrogens is 368 g/mol. The number of benzene rings is 1. The number of nitrogens with zero attached hydrogens (tertiary/aromatic N) is 1. The van der Waals surface area contributed by atoms with Crippen LogP contribution >= 0.6 is 0 Å². The molecule has 1 aromatic heterocycles. The third kappa shape index (κ3) is 6.29. The van der Waals surface area contributed by atoms with Gasteiger partial charge in [0.25, 0.3) is 12.3 Å². The zero-order valence-electron chi connectivity index (χ0n) is 16.0. The summed E-state index contributed by atoms with van der Waals surface area (Å²) in [5.41, 5.74) is 2.01. The van der Waals surface area contributed by atoms with E-state index in [1.54, 1.807) is 38.1 Å². The van der Waals surface area contributed by atoms with E-state index in [4.69, 9.17) is 4.74 Å². The number of amides is 2. The standard InChI is InChI=1S/C20H23F2N3O3/c1-12(2)19(26)25-18-9-14(6-7-23-18)20(27)24-10-15-4-5-16(8-13(15)3)28-11-17(21)22/h4-9,12,17H,10-11H2,1-3H3,(H,24,27)(H,23,25,26). The summed E-state index contributed by atoms with van der Waals surface area (Å²) in [4.78, 5) is 28.2. The van der Waals surface area contributed by atoms with Crippen molar-refractivity contribution in [2.75, 3.05) is 11.9 Å². The first-order chi connectivity index (χ1) is 13.3. The monoisotopic (exact) mass is 391 g/mol. The van der Waals surface area contributed by atoms with E-state index in [1.807, 2.05) is 6.92 Å². The van der Waals surface area contributed by atoms with Crippen LogP contribution in [0.5, 0.6) is 5.75 Å². The summed E-state index contributed by atoms with van der Waals surface area (Å²) in [6, 6.07) is 8.01. The summed E-state index contributed by atoms with van der Waals surface area (Å²) in [6.07, 6.45) is -1.08. The number of ether oxygens (including phenoxy) is 1. The lowest BCUT2D eigenvalue weighted by Gasteiger charge is -2.12. The highest BCUT2D eigenvalue weighted by atomic mass is 19.3. The third-order valence-electron chi connectivity index (χ3n) is 3.93. The van der Waals surface area contributed by atoms with E-state index < -0.39 is 13.0 Å². The molecule has 1 heterocycles. The average molecular weight is 391 g/mol. The highest BCUT2D eigenvalue weighted by Crippen LogP contribution is 2.18. The van der Waals surface area contributed by atoms with Gasteiger partial charge in [-0.3, -0.25) is 9.59 Å². The van der Waals surface area contributed by atoms with Crippen LogP contribution in [0.25, 0.3) is 0 Å². The van der Waals surface area contributed by atoms with Gasteiger partial charge in [0.15, 0.2) is 0 Å². The van der Waals surface area contributed by atoms with Gasteiger partial charge in [0.1, 0.15) is 18.2 Å². The third-order valence-corrected chi connectivity index (χ3v) is 3.93. The second kappa shape index (κ2) is 9.77. The minimum Gasteiger partial charge on any atom is -0.488 e. The van der Waals surface area contributed by atoms with Crippen molar-refractivity contribution in [1.29, 1.82) is 0 Å².